The molecule has 0 spiro atoms. The summed E-state index contributed by atoms with van der Waals surface area (Å²) in [5, 5.41) is 0. The molecule has 0 rings (SSSR count). The molecule has 2 nitrogen and oxygen atoms in total. The molecule has 0 unspecified atom stereocenters. The number of ether oxygens (including phenoxy) is 1. The van der Waals surface area contributed by atoms with E-state index >= 15 is 0 Å². The van der Waals surface area contributed by atoms with Crippen LogP contribution in [0, 0.1) is 0 Å². The number of carbonyl (C=O) groups excluding carboxylic acids is 1. The van der Waals surface area contributed by atoms with E-state index in [0.29, 0.717) is 12.2 Å². The van der Waals surface area contributed by atoms with Gasteiger partial charge in [0.25, 0.3) is 0 Å². The molecule has 0 aromatic rings. The van der Waals surface area contributed by atoms with Gasteiger partial charge in [0.15, 0.2) is 0 Å². The van der Waals surface area contributed by atoms with Crippen molar-refractivity contribution in [2.24, 2.45) is 0 Å². The average molecular weight is 536 g/mol. The SMILES string of the molecule is C=C(C)C(=O)OCCCCCCCCCCC[SiH2]C(I)I. The summed E-state index contributed by atoms with van der Waals surface area (Å²) in [4.78, 5) is 11.1. The summed E-state index contributed by atoms with van der Waals surface area (Å²) in [5.41, 5.74) is 0.491. The van der Waals surface area contributed by atoms with E-state index in [4.69, 9.17) is 4.74 Å². The van der Waals surface area contributed by atoms with Crippen LogP contribution in [0.15, 0.2) is 12.2 Å². The lowest BCUT2D eigenvalue weighted by molar-refractivity contribution is -0.139. The molecular weight excluding hydrogens is 506 g/mol. The molecule has 0 fully saturated rings. The number of esters is 1. The van der Waals surface area contributed by atoms with E-state index in [2.05, 4.69) is 51.8 Å². The zero-order chi connectivity index (χ0) is 15.9. The standard InChI is InChI=1S/C16H30I2O2Si/c1-14(2)15(19)20-12-10-8-6-4-3-5-7-9-11-13-21-16(17)18/h16H,1,3-13,21H2,2H3. The van der Waals surface area contributed by atoms with E-state index in [1.54, 1.807) is 6.92 Å². The predicted octanol–water partition coefficient (Wildman–Crippen LogP) is 5.36. The van der Waals surface area contributed by atoms with E-state index in [9.17, 15) is 4.79 Å². The molecule has 0 aliphatic carbocycles. The monoisotopic (exact) mass is 536 g/mol. The zero-order valence-corrected chi connectivity index (χ0v) is 19.1. The van der Waals surface area contributed by atoms with Gasteiger partial charge in [0, 0.05) is 16.6 Å². The van der Waals surface area contributed by atoms with Gasteiger partial charge in [-0.25, -0.2) is 4.79 Å². The first-order valence-corrected chi connectivity index (χ1v) is 12.5. The molecule has 5 heteroatoms. The van der Waals surface area contributed by atoms with Gasteiger partial charge in [-0.05, 0) is 13.3 Å². The maximum Gasteiger partial charge on any atom is 0.333 e. The van der Waals surface area contributed by atoms with E-state index in [0.717, 1.165) is 7.98 Å². The Hall–Kier alpha value is 0.887. The van der Waals surface area contributed by atoms with Gasteiger partial charge in [0.2, 0.25) is 0 Å². The molecule has 0 aliphatic heterocycles. The molecule has 0 aromatic heterocycles. The van der Waals surface area contributed by atoms with E-state index < -0.39 is 0 Å². The highest BCUT2D eigenvalue weighted by atomic mass is 127. The van der Waals surface area contributed by atoms with Crippen LogP contribution in [0.5, 0.6) is 0 Å². The molecule has 0 saturated carbocycles. The van der Waals surface area contributed by atoms with Crippen LogP contribution >= 0.6 is 45.2 Å². The van der Waals surface area contributed by atoms with Crippen molar-refractivity contribution in [3.05, 3.63) is 12.2 Å². The van der Waals surface area contributed by atoms with Gasteiger partial charge in [0.05, 0.1) is 6.61 Å². The summed E-state index contributed by atoms with van der Waals surface area (Å²) < 4.78 is 6.01. The Balaban J connectivity index is 3.09. The second-order valence-corrected chi connectivity index (χ2v) is 16.4. The maximum absolute atomic E-state index is 11.1. The van der Waals surface area contributed by atoms with Gasteiger partial charge in [-0.1, -0.05) is 109 Å². The summed E-state index contributed by atoms with van der Waals surface area (Å²) in [6.07, 6.45) is 11.8. The van der Waals surface area contributed by atoms with Crippen LogP contribution in [0.1, 0.15) is 64.7 Å². The van der Waals surface area contributed by atoms with Crippen LogP contribution in [0.3, 0.4) is 0 Å². The summed E-state index contributed by atoms with van der Waals surface area (Å²) in [5.74, 6) is -0.255. The smallest absolute Gasteiger partial charge is 0.333 e. The molecule has 0 saturated heterocycles. The quantitative estimate of drug-likeness (QED) is 0.0747. The van der Waals surface area contributed by atoms with E-state index in [1.165, 1.54) is 57.4 Å². The maximum atomic E-state index is 11.1. The Labute approximate surface area is 160 Å². The van der Waals surface area contributed by atoms with Crippen LogP contribution in [0.4, 0.5) is 0 Å². The lowest BCUT2D eigenvalue weighted by Crippen LogP contribution is -2.05. The van der Waals surface area contributed by atoms with Crippen LogP contribution in [-0.4, -0.2) is 23.7 Å². The summed E-state index contributed by atoms with van der Waals surface area (Å²) >= 11 is 5.12. The molecule has 124 valence electrons. The Morgan fingerprint density at radius 2 is 1.48 bits per heavy atom. The van der Waals surface area contributed by atoms with Crippen LogP contribution in [0.2, 0.25) is 6.04 Å². The van der Waals surface area contributed by atoms with Crippen molar-refractivity contribution in [2.75, 3.05) is 6.61 Å². The summed E-state index contributed by atoms with van der Waals surface area (Å²) in [6.45, 7) is 5.80. The van der Waals surface area contributed by atoms with Gasteiger partial charge < -0.3 is 4.74 Å². The lowest BCUT2D eigenvalue weighted by atomic mass is 10.1. The van der Waals surface area contributed by atoms with Gasteiger partial charge in [0.1, 0.15) is 0 Å². The fraction of sp³-hybridized carbons (Fsp3) is 0.812. The number of unbranched alkanes of at least 4 members (excludes halogenated alkanes) is 8. The zero-order valence-electron chi connectivity index (χ0n) is 13.3. The second kappa shape index (κ2) is 15.8. The molecule has 0 aromatic carbocycles. The normalized spacial score (nSPS) is 11.4. The first kappa shape index (κ1) is 21.9. The van der Waals surface area contributed by atoms with Crippen molar-refractivity contribution in [1.29, 1.82) is 0 Å². The Morgan fingerprint density at radius 1 is 1.00 bits per heavy atom. The van der Waals surface area contributed by atoms with Crippen LogP contribution < -0.4 is 0 Å². The van der Waals surface area contributed by atoms with E-state index in [1.807, 2.05) is 0 Å². The predicted molar refractivity (Wildman–Crippen MR) is 113 cm³/mol. The van der Waals surface area contributed by atoms with Gasteiger partial charge >= 0.3 is 5.97 Å². The Bertz CT molecular complexity index is 283. The number of carbonyl (C=O) groups is 1. The Kier molecular flexibility index (Phi) is 16.4. The van der Waals surface area contributed by atoms with Crippen molar-refractivity contribution in [3.8, 4) is 0 Å². The van der Waals surface area contributed by atoms with Crippen molar-refractivity contribution in [3.63, 3.8) is 0 Å². The number of rotatable bonds is 14. The van der Waals surface area contributed by atoms with Gasteiger partial charge in [-0.3, -0.25) is 0 Å². The highest BCUT2D eigenvalue weighted by molar-refractivity contribution is 14.2. The van der Waals surface area contributed by atoms with Crippen molar-refractivity contribution < 1.29 is 9.53 Å². The van der Waals surface area contributed by atoms with E-state index in [-0.39, 0.29) is 15.5 Å². The fourth-order valence-electron chi connectivity index (χ4n) is 2.10. The first-order chi connectivity index (χ1) is 10.0. The first-order valence-electron chi connectivity index (χ1n) is 8.15. The molecule has 0 heterocycles. The highest BCUT2D eigenvalue weighted by Gasteiger charge is 2.01. The topological polar surface area (TPSA) is 26.3 Å². The van der Waals surface area contributed by atoms with Crippen molar-refractivity contribution in [1.82, 2.24) is 0 Å². The third kappa shape index (κ3) is 17.1. The third-order valence-corrected chi connectivity index (χ3v) is 8.48. The molecule has 0 amide bonds. The third-order valence-electron chi connectivity index (χ3n) is 3.40. The molecule has 0 radical (unpaired) electrons. The fourth-order valence-corrected chi connectivity index (χ4v) is 5.70. The molecule has 0 bridgehead atoms. The molecule has 0 aliphatic rings. The largest absolute Gasteiger partial charge is 0.462 e. The summed E-state index contributed by atoms with van der Waals surface area (Å²) in [6, 6.07) is 1.53. The van der Waals surface area contributed by atoms with Crippen molar-refractivity contribution >= 4 is 60.7 Å². The van der Waals surface area contributed by atoms with Gasteiger partial charge in [-0.15, -0.1) is 0 Å². The Morgan fingerprint density at radius 3 is 1.95 bits per heavy atom. The van der Waals surface area contributed by atoms with Crippen molar-refractivity contribution in [2.45, 2.75) is 72.3 Å². The van der Waals surface area contributed by atoms with Gasteiger partial charge in [-0.2, -0.15) is 0 Å². The minimum Gasteiger partial charge on any atom is -0.462 e. The summed E-state index contributed by atoms with van der Waals surface area (Å²) in [7, 11) is 0.211. The molecule has 21 heavy (non-hydrogen) atoms. The highest BCUT2D eigenvalue weighted by Crippen LogP contribution is 2.14. The lowest BCUT2D eigenvalue weighted by Gasteiger charge is -2.05. The average Bonchev–Trinajstić information content (AvgIpc) is 2.43. The number of halogens is 2. The number of alkyl halides is 2. The minimum absolute atomic E-state index is 0.211. The molecule has 0 N–H and O–H groups in total. The van der Waals surface area contributed by atoms with Crippen LogP contribution in [-0.2, 0) is 9.53 Å². The molecular formula is C16H30I2O2Si. The minimum atomic E-state index is -0.255. The molecule has 0 atom stereocenters. The number of hydrogen-bond acceptors (Lipinski definition) is 2. The second-order valence-electron chi connectivity index (χ2n) is 5.63. The number of hydrogen-bond donors (Lipinski definition) is 0. The van der Waals surface area contributed by atoms with Crippen LogP contribution in [0.25, 0.3) is 0 Å².